The summed E-state index contributed by atoms with van der Waals surface area (Å²) in [5.74, 6) is 0. The maximum Gasteiger partial charge on any atom is 0.0729 e. The first-order chi connectivity index (χ1) is 11.8. The van der Waals surface area contributed by atoms with Crippen LogP contribution < -0.4 is 11.5 Å². The summed E-state index contributed by atoms with van der Waals surface area (Å²) in [6, 6.07) is 16.9. The molecular formula is C20H22N4. The molecule has 2 aromatic carbocycles. The fraction of sp³-hybridized carbons (Fsp3) is 0.200. The Bertz CT molecular complexity index is 980. The molecule has 2 aromatic heterocycles. The summed E-state index contributed by atoms with van der Waals surface area (Å²) >= 11 is 0. The number of aromatic amines is 1. The quantitative estimate of drug-likeness (QED) is 0.529. The number of rotatable bonds is 5. The van der Waals surface area contributed by atoms with Crippen molar-refractivity contribution in [3.05, 3.63) is 72.1 Å². The van der Waals surface area contributed by atoms with Gasteiger partial charge in [-0.3, -0.25) is 0 Å². The first kappa shape index (κ1) is 15.0. The van der Waals surface area contributed by atoms with Gasteiger partial charge in [0, 0.05) is 46.3 Å². The number of fused-ring (bicyclic) bond motifs is 2. The monoisotopic (exact) mass is 318 g/mol. The van der Waals surface area contributed by atoms with Crippen molar-refractivity contribution in [2.45, 2.75) is 12.5 Å². The number of hydrogen-bond donors (Lipinski definition) is 3. The summed E-state index contributed by atoms with van der Waals surface area (Å²) in [5, 5.41) is 2.49. The van der Waals surface area contributed by atoms with Crippen LogP contribution in [0.25, 0.3) is 21.8 Å². The highest BCUT2D eigenvalue weighted by Gasteiger charge is 2.19. The van der Waals surface area contributed by atoms with Crippen LogP contribution in [0.5, 0.6) is 0 Å². The second-order valence-corrected chi connectivity index (χ2v) is 6.16. The highest BCUT2D eigenvalue weighted by Crippen LogP contribution is 2.31. The Hall–Kier alpha value is -2.56. The van der Waals surface area contributed by atoms with E-state index >= 15 is 0 Å². The average molecular weight is 318 g/mol. The predicted octanol–water partition coefficient (Wildman–Crippen LogP) is 3.17. The van der Waals surface area contributed by atoms with E-state index in [9.17, 15) is 0 Å². The summed E-state index contributed by atoms with van der Waals surface area (Å²) in [5.41, 5.74) is 16.9. The molecule has 0 amide bonds. The molecular weight excluding hydrogens is 296 g/mol. The van der Waals surface area contributed by atoms with Gasteiger partial charge in [0.05, 0.1) is 6.04 Å². The summed E-state index contributed by atoms with van der Waals surface area (Å²) in [6.45, 7) is 1.19. The standard InChI is InChI=1S/C20H22N4/c21-10-9-14-13-24(19-8-4-2-5-15(14)19)20(11-22)17-12-23-18-7-3-1-6-16(17)18/h1-8,12-13,20,23H,9-11,21-22H2. The lowest BCUT2D eigenvalue weighted by molar-refractivity contribution is 0.617. The number of benzene rings is 2. The third-order valence-electron chi connectivity index (χ3n) is 4.78. The molecule has 0 aliphatic rings. The Labute approximate surface area is 141 Å². The summed E-state index contributed by atoms with van der Waals surface area (Å²) in [6.07, 6.45) is 5.18. The number of para-hydroxylation sites is 2. The van der Waals surface area contributed by atoms with E-state index in [0.717, 1.165) is 11.9 Å². The van der Waals surface area contributed by atoms with Crippen LogP contribution in [0.3, 0.4) is 0 Å². The lowest BCUT2D eigenvalue weighted by atomic mass is 10.1. The molecule has 2 heterocycles. The van der Waals surface area contributed by atoms with Gasteiger partial charge in [0.15, 0.2) is 0 Å². The van der Waals surface area contributed by atoms with Crippen molar-refractivity contribution in [2.24, 2.45) is 11.5 Å². The van der Waals surface area contributed by atoms with E-state index in [4.69, 9.17) is 11.5 Å². The smallest absolute Gasteiger partial charge is 0.0729 e. The van der Waals surface area contributed by atoms with Gasteiger partial charge in [0.1, 0.15) is 0 Å². The summed E-state index contributed by atoms with van der Waals surface area (Å²) in [4.78, 5) is 3.36. The largest absolute Gasteiger partial charge is 0.361 e. The van der Waals surface area contributed by atoms with E-state index in [1.165, 1.54) is 27.4 Å². The van der Waals surface area contributed by atoms with Crippen LogP contribution in [0.1, 0.15) is 17.2 Å². The van der Waals surface area contributed by atoms with Gasteiger partial charge in [-0.2, -0.15) is 0 Å². The molecule has 4 rings (SSSR count). The number of aromatic nitrogens is 2. The first-order valence-corrected chi connectivity index (χ1v) is 8.38. The van der Waals surface area contributed by atoms with Crippen LogP contribution in [0, 0.1) is 0 Å². The topological polar surface area (TPSA) is 72.8 Å². The zero-order chi connectivity index (χ0) is 16.5. The lowest BCUT2D eigenvalue weighted by Gasteiger charge is -2.18. The van der Waals surface area contributed by atoms with Crippen molar-refractivity contribution in [1.82, 2.24) is 9.55 Å². The van der Waals surface area contributed by atoms with Gasteiger partial charge < -0.3 is 21.0 Å². The second-order valence-electron chi connectivity index (χ2n) is 6.16. The Kier molecular flexibility index (Phi) is 3.84. The van der Waals surface area contributed by atoms with E-state index in [-0.39, 0.29) is 6.04 Å². The minimum atomic E-state index is 0.0950. The normalized spacial score (nSPS) is 12.9. The maximum atomic E-state index is 6.20. The highest BCUT2D eigenvalue weighted by atomic mass is 15.0. The van der Waals surface area contributed by atoms with Gasteiger partial charge in [0.2, 0.25) is 0 Å². The molecule has 0 radical (unpaired) electrons. The molecule has 1 unspecified atom stereocenters. The molecule has 0 fully saturated rings. The zero-order valence-corrected chi connectivity index (χ0v) is 13.6. The van der Waals surface area contributed by atoms with Crippen LogP contribution >= 0.6 is 0 Å². The molecule has 0 aliphatic heterocycles. The van der Waals surface area contributed by atoms with Crippen LogP contribution in [0.2, 0.25) is 0 Å². The highest BCUT2D eigenvalue weighted by molar-refractivity contribution is 5.86. The Morgan fingerprint density at radius 2 is 1.71 bits per heavy atom. The van der Waals surface area contributed by atoms with Gasteiger partial charge >= 0.3 is 0 Å². The zero-order valence-electron chi connectivity index (χ0n) is 13.6. The third-order valence-corrected chi connectivity index (χ3v) is 4.78. The predicted molar refractivity (Wildman–Crippen MR) is 100 cm³/mol. The van der Waals surface area contributed by atoms with Crippen LogP contribution in [-0.2, 0) is 6.42 Å². The fourth-order valence-electron chi connectivity index (χ4n) is 3.65. The average Bonchev–Trinajstić information content (AvgIpc) is 3.20. The fourth-order valence-corrected chi connectivity index (χ4v) is 3.65. The molecule has 0 saturated carbocycles. The van der Waals surface area contributed by atoms with E-state index < -0.39 is 0 Å². The first-order valence-electron chi connectivity index (χ1n) is 8.38. The van der Waals surface area contributed by atoms with Crippen molar-refractivity contribution in [3.8, 4) is 0 Å². The molecule has 24 heavy (non-hydrogen) atoms. The Morgan fingerprint density at radius 1 is 0.958 bits per heavy atom. The van der Waals surface area contributed by atoms with Crippen molar-refractivity contribution in [2.75, 3.05) is 13.1 Å². The maximum absolute atomic E-state index is 6.20. The second kappa shape index (κ2) is 6.15. The van der Waals surface area contributed by atoms with Gasteiger partial charge in [0.25, 0.3) is 0 Å². The lowest BCUT2D eigenvalue weighted by Crippen LogP contribution is -2.19. The molecule has 0 bridgehead atoms. The molecule has 122 valence electrons. The molecule has 4 nitrogen and oxygen atoms in total. The van der Waals surface area contributed by atoms with Gasteiger partial charge in [-0.25, -0.2) is 0 Å². The number of nitrogens with zero attached hydrogens (tertiary/aromatic N) is 1. The molecule has 4 aromatic rings. The Morgan fingerprint density at radius 3 is 2.50 bits per heavy atom. The van der Waals surface area contributed by atoms with Crippen LogP contribution in [0.15, 0.2) is 60.9 Å². The van der Waals surface area contributed by atoms with Crippen LogP contribution in [-0.4, -0.2) is 22.6 Å². The summed E-state index contributed by atoms with van der Waals surface area (Å²) in [7, 11) is 0. The minimum absolute atomic E-state index is 0.0950. The van der Waals surface area contributed by atoms with Crippen molar-refractivity contribution in [1.29, 1.82) is 0 Å². The van der Waals surface area contributed by atoms with E-state index in [1.54, 1.807) is 0 Å². The molecule has 1 atom stereocenters. The third kappa shape index (κ3) is 2.31. The molecule has 4 heteroatoms. The SMILES string of the molecule is NCCc1cn(C(CN)c2c[nH]c3ccccc23)c2ccccc12. The van der Waals surface area contributed by atoms with Crippen LogP contribution in [0.4, 0.5) is 0 Å². The van der Waals surface area contributed by atoms with Crippen molar-refractivity contribution in [3.63, 3.8) is 0 Å². The Balaban J connectivity index is 1.91. The number of nitrogens with two attached hydrogens (primary N) is 2. The van der Waals surface area contributed by atoms with E-state index in [0.29, 0.717) is 13.1 Å². The van der Waals surface area contributed by atoms with Gasteiger partial charge in [-0.15, -0.1) is 0 Å². The van der Waals surface area contributed by atoms with E-state index in [1.807, 2.05) is 6.07 Å². The number of hydrogen-bond acceptors (Lipinski definition) is 2. The van der Waals surface area contributed by atoms with Gasteiger partial charge in [-0.1, -0.05) is 36.4 Å². The van der Waals surface area contributed by atoms with Crippen molar-refractivity contribution < 1.29 is 0 Å². The molecule has 0 spiro atoms. The van der Waals surface area contributed by atoms with Crippen molar-refractivity contribution >= 4 is 21.8 Å². The number of H-pyrrole nitrogens is 1. The van der Waals surface area contributed by atoms with Gasteiger partial charge in [-0.05, 0) is 30.7 Å². The molecule has 5 N–H and O–H groups in total. The molecule has 0 saturated heterocycles. The summed E-state index contributed by atoms with van der Waals surface area (Å²) < 4.78 is 2.30. The van der Waals surface area contributed by atoms with E-state index in [2.05, 4.69) is 64.4 Å². The minimum Gasteiger partial charge on any atom is -0.361 e. The molecule has 0 aliphatic carbocycles. The number of nitrogens with one attached hydrogen (secondary N) is 1.